The van der Waals surface area contributed by atoms with Gasteiger partial charge in [-0.2, -0.15) is 9.37 Å². The predicted octanol–water partition coefficient (Wildman–Crippen LogP) is 0.513. The lowest BCUT2D eigenvalue weighted by Gasteiger charge is -2.37. The van der Waals surface area contributed by atoms with Gasteiger partial charge in [0.25, 0.3) is 5.88 Å². The Balaban J connectivity index is 1.87. The lowest BCUT2D eigenvalue weighted by atomic mass is 9.79. The fourth-order valence-electron chi connectivity index (χ4n) is 4.02. The van der Waals surface area contributed by atoms with Crippen LogP contribution in [0.2, 0.25) is 0 Å². The summed E-state index contributed by atoms with van der Waals surface area (Å²) in [5, 5.41) is 9.43. The molecule has 1 aromatic heterocycles. The number of ether oxygens (including phenoxy) is 1. The first-order valence-corrected chi connectivity index (χ1v) is 9.26. The highest BCUT2D eigenvalue weighted by Crippen LogP contribution is 2.45. The van der Waals surface area contributed by atoms with Crippen LogP contribution in [0.5, 0.6) is 5.88 Å². The van der Waals surface area contributed by atoms with Crippen molar-refractivity contribution in [3.63, 3.8) is 0 Å². The van der Waals surface area contributed by atoms with Gasteiger partial charge < -0.3 is 20.5 Å². The second-order valence-corrected chi connectivity index (χ2v) is 7.30. The Kier molecular flexibility index (Phi) is 4.96. The summed E-state index contributed by atoms with van der Waals surface area (Å²) in [5.74, 6) is -4.45. The van der Waals surface area contributed by atoms with Crippen molar-refractivity contribution in [2.75, 3.05) is 32.1 Å². The van der Waals surface area contributed by atoms with E-state index in [2.05, 4.69) is 15.0 Å². The van der Waals surface area contributed by atoms with E-state index in [9.17, 15) is 23.1 Å². The van der Waals surface area contributed by atoms with Gasteiger partial charge >= 0.3 is 0 Å². The van der Waals surface area contributed by atoms with Gasteiger partial charge in [-0.25, -0.2) is 18.8 Å². The summed E-state index contributed by atoms with van der Waals surface area (Å²) in [5.41, 5.74) is 4.14. The molecular formula is C19H19F3N6O3. The first kappa shape index (κ1) is 20.8. The number of amides is 1. The second kappa shape index (κ2) is 7.38. The first-order chi connectivity index (χ1) is 14.7. The number of benzene rings is 1. The van der Waals surface area contributed by atoms with Gasteiger partial charge in [0.1, 0.15) is 22.9 Å². The number of anilines is 1. The zero-order valence-electron chi connectivity index (χ0n) is 16.6. The van der Waals surface area contributed by atoms with Crippen LogP contribution in [0, 0.1) is 23.4 Å². The number of hydrogen-bond acceptors (Lipinski definition) is 8. The smallest absolute Gasteiger partial charge is 0.255 e. The van der Waals surface area contributed by atoms with Crippen LogP contribution in [0.3, 0.4) is 0 Å². The molecule has 1 saturated heterocycles. The summed E-state index contributed by atoms with van der Waals surface area (Å²) >= 11 is 0. The van der Waals surface area contributed by atoms with Crippen molar-refractivity contribution >= 4 is 17.8 Å². The minimum Gasteiger partial charge on any atom is -0.479 e. The van der Waals surface area contributed by atoms with Crippen molar-refractivity contribution in [1.29, 1.82) is 0 Å². The molecule has 3 heterocycles. The van der Waals surface area contributed by atoms with Gasteiger partial charge in [0.2, 0.25) is 17.7 Å². The molecule has 0 radical (unpaired) electrons. The van der Waals surface area contributed by atoms with Crippen molar-refractivity contribution in [3.8, 4) is 5.88 Å². The molecule has 0 saturated carbocycles. The fraction of sp³-hybridized carbons (Fsp3) is 0.368. The molecule has 12 heteroatoms. The van der Waals surface area contributed by atoms with Crippen LogP contribution in [-0.2, 0) is 16.9 Å². The zero-order chi connectivity index (χ0) is 22.5. The minimum absolute atomic E-state index is 0.00355. The molecule has 4 rings (SSSR count). The molecule has 0 bridgehead atoms. The van der Waals surface area contributed by atoms with Gasteiger partial charge in [0, 0.05) is 25.2 Å². The number of aliphatic imine (C=N–C) groups is 1. The third kappa shape index (κ3) is 3.14. The van der Waals surface area contributed by atoms with E-state index in [1.807, 2.05) is 0 Å². The van der Waals surface area contributed by atoms with Gasteiger partial charge in [0.15, 0.2) is 5.96 Å². The maximum Gasteiger partial charge on any atom is 0.255 e. The van der Waals surface area contributed by atoms with Crippen LogP contribution >= 0.6 is 0 Å². The molecule has 0 spiro atoms. The summed E-state index contributed by atoms with van der Waals surface area (Å²) in [4.78, 5) is 28.1. The topological polar surface area (TPSA) is 117 Å². The number of nitrogens with two attached hydrogens (primary N) is 1. The number of aromatic nitrogens is 2. The Morgan fingerprint density at radius 3 is 2.71 bits per heavy atom. The number of carbonyl (C=O) groups excluding carboxylic acids is 1. The molecule has 31 heavy (non-hydrogen) atoms. The van der Waals surface area contributed by atoms with Gasteiger partial charge in [-0.15, -0.1) is 0 Å². The Labute approximate surface area is 175 Å². The van der Waals surface area contributed by atoms with Gasteiger partial charge in [0.05, 0.1) is 26.2 Å². The molecule has 3 N–H and O–H groups in total. The van der Waals surface area contributed by atoms with Crippen molar-refractivity contribution in [2.24, 2.45) is 16.6 Å². The predicted molar refractivity (Wildman–Crippen MR) is 103 cm³/mol. The van der Waals surface area contributed by atoms with E-state index in [0.717, 1.165) is 11.0 Å². The van der Waals surface area contributed by atoms with Crippen molar-refractivity contribution in [3.05, 3.63) is 46.9 Å². The number of nitrogens with zero attached hydrogens (tertiary/aromatic N) is 5. The molecule has 2 atom stereocenters. The molecule has 2 aliphatic rings. The maximum atomic E-state index is 14.8. The normalized spacial score (nSPS) is 23.1. The molecule has 0 unspecified atom stereocenters. The fourth-order valence-corrected chi connectivity index (χ4v) is 4.02. The second-order valence-electron chi connectivity index (χ2n) is 7.30. The van der Waals surface area contributed by atoms with Crippen LogP contribution in [-0.4, -0.2) is 59.1 Å². The van der Waals surface area contributed by atoms with E-state index < -0.39 is 47.3 Å². The average Bonchev–Trinajstić information content (AvgIpc) is 3.12. The lowest BCUT2D eigenvalue weighted by molar-refractivity contribution is -0.132. The highest BCUT2D eigenvalue weighted by Gasteiger charge is 2.57. The Bertz CT molecular complexity index is 1070. The number of aliphatic hydroxyl groups is 1. The van der Waals surface area contributed by atoms with E-state index in [1.165, 1.54) is 25.1 Å². The molecule has 1 amide bonds. The monoisotopic (exact) mass is 436 g/mol. The lowest BCUT2D eigenvalue weighted by Crippen LogP contribution is -2.54. The average molecular weight is 436 g/mol. The van der Waals surface area contributed by atoms with Gasteiger partial charge in [-0.1, -0.05) is 6.07 Å². The van der Waals surface area contributed by atoms with Crippen LogP contribution < -0.4 is 15.4 Å². The maximum absolute atomic E-state index is 14.8. The van der Waals surface area contributed by atoms with E-state index >= 15 is 0 Å². The molecule has 1 fully saturated rings. The summed E-state index contributed by atoms with van der Waals surface area (Å²) in [7, 11) is 2.65. The molecular weight excluding hydrogens is 417 g/mol. The quantitative estimate of drug-likeness (QED) is 0.717. The third-order valence-corrected chi connectivity index (χ3v) is 5.60. The van der Waals surface area contributed by atoms with Crippen LogP contribution in [0.15, 0.2) is 23.2 Å². The molecule has 2 aliphatic heterocycles. The van der Waals surface area contributed by atoms with Gasteiger partial charge in [-0.3, -0.25) is 9.69 Å². The summed E-state index contributed by atoms with van der Waals surface area (Å²) < 4.78 is 47.5. The first-order valence-electron chi connectivity index (χ1n) is 9.26. The molecule has 1 aromatic carbocycles. The Hall–Kier alpha value is -3.41. The molecule has 0 aliphatic carbocycles. The number of carbonyl (C=O) groups is 1. The summed E-state index contributed by atoms with van der Waals surface area (Å²) in [6.07, 6.45) is 0. The number of guanidine groups is 1. The Morgan fingerprint density at radius 1 is 1.32 bits per heavy atom. The summed E-state index contributed by atoms with van der Waals surface area (Å²) in [6.45, 7) is -0.809. The number of rotatable bonds is 4. The largest absolute Gasteiger partial charge is 0.479 e. The molecule has 9 nitrogen and oxygen atoms in total. The van der Waals surface area contributed by atoms with E-state index in [1.54, 1.807) is 0 Å². The standard InChI is InChI=1S/C19H19F3N6O3/c1-27-16(30)11-6-28(18-24-13(7-29)14(22)15(25-18)31-2)8-19(11,26-17(27)23)10-4-3-9(20)5-12(10)21/h3-5,11,29H,6-8H2,1-2H3,(H2,23,26)/t11-,19+/m0/s1. The zero-order valence-corrected chi connectivity index (χ0v) is 16.6. The van der Waals surface area contributed by atoms with E-state index in [0.29, 0.717) is 6.07 Å². The number of halogens is 3. The Morgan fingerprint density at radius 2 is 2.06 bits per heavy atom. The van der Waals surface area contributed by atoms with Crippen LogP contribution in [0.25, 0.3) is 0 Å². The van der Waals surface area contributed by atoms with Crippen LogP contribution in [0.4, 0.5) is 19.1 Å². The number of aliphatic hydroxyl groups excluding tert-OH is 1. The number of fused-ring (bicyclic) bond motifs is 1. The molecule has 164 valence electrons. The van der Waals surface area contributed by atoms with E-state index in [4.69, 9.17) is 10.5 Å². The third-order valence-electron chi connectivity index (χ3n) is 5.60. The van der Waals surface area contributed by atoms with Crippen molar-refractivity contribution < 1.29 is 27.8 Å². The van der Waals surface area contributed by atoms with E-state index in [-0.39, 0.29) is 36.3 Å². The highest BCUT2D eigenvalue weighted by molar-refractivity contribution is 6.01. The van der Waals surface area contributed by atoms with Crippen LogP contribution in [0.1, 0.15) is 11.3 Å². The SMILES string of the molecule is COc1nc(N2C[C@H]3C(=O)N(C)C(N)=N[C@@]3(c3ccc(F)cc3F)C2)nc(CO)c1F. The minimum atomic E-state index is -1.48. The number of methoxy groups -OCH3 is 1. The molecule has 2 aromatic rings. The summed E-state index contributed by atoms with van der Waals surface area (Å²) in [6, 6.07) is 3.00. The van der Waals surface area contributed by atoms with Gasteiger partial charge in [-0.05, 0) is 6.07 Å². The van der Waals surface area contributed by atoms with Crippen molar-refractivity contribution in [2.45, 2.75) is 12.1 Å². The number of hydrogen-bond donors (Lipinski definition) is 2. The van der Waals surface area contributed by atoms with Crippen molar-refractivity contribution in [1.82, 2.24) is 14.9 Å². The highest BCUT2D eigenvalue weighted by atomic mass is 19.1.